The van der Waals surface area contributed by atoms with Gasteiger partial charge in [-0.2, -0.15) is 0 Å². The Morgan fingerprint density at radius 3 is 2.70 bits per heavy atom. The molecule has 2 aromatic carbocycles. The summed E-state index contributed by atoms with van der Waals surface area (Å²) in [6.07, 6.45) is 0. The number of fused-ring (bicyclic) bond motifs is 1. The summed E-state index contributed by atoms with van der Waals surface area (Å²) in [4.78, 5) is 24.0. The van der Waals surface area contributed by atoms with Crippen molar-refractivity contribution in [1.82, 2.24) is 10.2 Å². The molecule has 0 saturated carbocycles. The number of carbonyl (C=O) groups is 2. The number of methoxy groups -OCH3 is 1. The molecule has 0 fully saturated rings. The minimum Gasteiger partial charge on any atom is -0.497 e. The highest BCUT2D eigenvalue weighted by Gasteiger charge is 2.18. The van der Waals surface area contributed by atoms with Crippen LogP contribution in [0.25, 0.3) is 0 Å². The highest BCUT2D eigenvalue weighted by Crippen LogP contribution is 2.32. The molecule has 0 spiro atoms. The van der Waals surface area contributed by atoms with Gasteiger partial charge in [-0.05, 0) is 35.9 Å². The van der Waals surface area contributed by atoms with Gasteiger partial charge in [0.15, 0.2) is 21.1 Å². The smallest absolute Gasteiger partial charge is 0.262 e. The van der Waals surface area contributed by atoms with Crippen LogP contribution in [0.2, 0.25) is 0 Å². The summed E-state index contributed by atoms with van der Waals surface area (Å²) < 4.78 is 12.1. The second-order valence-corrected chi connectivity index (χ2v) is 9.65. The summed E-state index contributed by atoms with van der Waals surface area (Å²) in [7, 11) is 1.65. The van der Waals surface area contributed by atoms with Crippen LogP contribution in [-0.2, 0) is 10.5 Å². The number of ether oxygens (including phenoxy) is 2. The van der Waals surface area contributed by atoms with E-state index in [1.165, 1.54) is 28.7 Å². The number of Topliss-reactive ketones (excluding diaryl/α,β-unsaturated/α-hetero) is 1. The van der Waals surface area contributed by atoms with E-state index < -0.39 is 0 Å². The zero-order valence-electron chi connectivity index (χ0n) is 15.9. The molecule has 1 aromatic heterocycles. The molecule has 1 amide bonds. The summed E-state index contributed by atoms with van der Waals surface area (Å²) in [5.74, 6) is 2.15. The fourth-order valence-electron chi connectivity index (χ4n) is 2.65. The molecule has 0 aliphatic carbocycles. The minimum atomic E-state index is -0.227. The quantitative estimate of drug-likeness (QED) is 0.397. The second kappa shape index (κ2) is 9.50. The Bertz CT molecular complexity index is 1070. The number of anilines is 1. The van der Waals surface area contributed by atoms with Crippen molar-refractivity contribution in [3.8, 4) is 11.5 Å². The lowest BCUT2D eigenvalue weighted by molar-refractivity contribution is -0.118. The van der Waals surface area contributed by atoms with Gasteiger partial charge in [0, 0.05) is 11.3 Å². The van der Waals surface area contributed by atoms with Crippen molar-refractivity contribution in [2.24, 2.45) is 0 Å². The fourth-order valence-corrected chi connectivity index (χ4v) is 5.52. The van der Waals surface area contributed by atoms with Crippen LogP contribution in [0.1, 0.15) is 15.9 Å². The Kier molecular flexibility index (Phi) is 6.56. The topological polar surface area (TPSA) is 90.4 Å². The third-order valence-electron chi connectivity index (χ3n) is 4.17. The number of aromatic nitrogens is 2. The molecule has 0 saturated heterocycles. The number of carbonyl (C=O) groups excluding carboxylic acids is 2. The number of hydrogen-bond acceptors (Lipinski definition) is 9. The number of ketones is 1. The first kappa shape index (κ1) is 20.7. The SMILES string of the molecule is COc1ccc(CSc2nnc(SCC(=O)c3ccc4c(c3)NC(=O)CO4)s2)cc1. The number of benzene rings is 2. The van der Waals surface area contributed by atoms with Crippen molar-refractivity contribution in [3.63, 3.8) is 0 Å². The highest BCUT2D eigenvalue weighted by atomic mass is 32.2. The molecule has 7 nitrogen and oxygen atoms in total. The molecule has 3 aromatic rings. The van der Waals surface area contributed by atoms with Crippen molar-refractivity contribution < 1.29 is 19.1 Å². The summed E-state index contributed by atoms with van der Waals surface area (Å²) in [6.45, 7) is -0.00793. The Morgan fingerprint density at radius 2 is 1.93 bits per heavy atom. The normalized spacial score (nSPS) is 12.6. The lowest BCUT2D eigenvalue weighted by atomic mass is 10.1. The Labute approximate surface area is 185 Å². The Hall–Kier alpha value is -2.56. The van der Waals surface area contributed by atoms with Crippen molar-refractivity contribution in [2.75, 3.05) is 24.8 Å². The molecule has 4 rings (SSSR count). The van der Waals surface area contributed by atoms with Crippen LogP contribution in [0.15, 0.2) is 51.1 Å². The van der Waals surface area contributed by atoms with Crippen molar-refractivity contribution in [1.29, 1.82) is 0 Å². The molecule has 0 atom stereocenters. The minimum absolute atomic E-state index is 0.00793. The molecule has 2 heterocycles. The van der Waals surface area contributed by atoms with E-state index in [1.54, 1.807) is 37.1 Å². The molecule has 30 heavy (non-hydrogen) atoms. The average Bonchev–Trinajstić information content (AvgIpc) is 3.23. The van der Waals surface area contributed by atoms with Gasteiger partial charge in [0.05, 0.1) is 18.6 Å². The molecule has 0 radical (unpaired) electrons. The maximum atomic E-state index is 12.5. The largest absolute Gasteiger partial charge is 0.497 e. The zero-order chi connectivity index (χ0) is 20.9. The van der Waals surface area contributed by atoms with Gasteiger partial charge in [-0.25, -0.2) is 0 Å². The van der Waals surface area contributed by atoms with E-state index in [1.807, 2.05) is 24.3 Å². The molecular weight excluding hydrogens is 442 g/mol. The van der Waals surface area contributed by atoms with Gasteiger partial charge in [0.2, 0.25) is 0 Å². The fraction of sp³-hybridized carbons (Fsp3) is 0.200. The number of rotatable bonds is 8. The van der Waals surface area contributed by atoms with Gasteiger partial charge < -0.3 is 14.8 Å². The van der Waals surface area contributed by atoms with Crippen molar-refractivity contribution in [2.45, 2.75) is 14.4 Å². The van der Waals surface area contributed by atoms with Crippen LogP contribution >= 0.6 is 34.9 Å². The molecule has 1 N–H and O–H groups in total. The van der Waals surface area contributed by atoms with E-state index in [2.05, 4.69) is 15.5 Å². The standard InChI is InChI=1S/C20H17N3O4S3/c1-26-14-5-2-12(3-6-14)10-28-19-22-23-20(30-19)29-11-16(24)13-4-7-17-15(8-13)21-18(25)9-27-17/h2-8H,9-11H2,1H3,(H,21,25). The van der Waals surface area contributed by atoms with Gasteiger partial charge >= 0.3 is 0 Å². The monoisotopic (exact) mass is 459 g/mol. The predicted molar refractivity (Wildman–Crippen MR) is 118 cm³/mol. The van der Waals surface area contributed by atoms with E-state index in [0.29, 0.717) is 17.0 Å². The number of amides is 1. The maximum Gasteiger partial charge on any atom is 0.262 e. The number of nitrogens with one attached hydrogen (secondary N) is 1. The van der Waals surface area contributed by atoms with E-state index in [0.717, 1.165) is 20.2 Å². The van der Waals surface area contributed by atoms with Gasteiger partial charge in [-0.1, -0.05) is 47.0 Å². The van der Waals surface area contributed by atoms with Crippen LogP contribution in [0.4, 0.5) is 5.69 Å². The van der Waals surface area contributed by atoms with Crippen LogP contribution < -0.4 is 14.8 Å². The van der Waals surface area contributed by atoms with E-state index in [-0.39, 0.29) is 24.1 Å². The van der Waals surface area contributed by atoms with Crippen molar-refractivity contribution in [3.05, 3.63) is 53.6 Å². The summed E-state index contributed by atoms with van der Waals surface area (Å²) in [5, 5.41) is 11.1. The van der Waals surface area contributed by atoms with Gasteiger partial charge in [0.25, 0.3) is 5.91 Å². The van der Waals surface area contributed by atoms with Gasteiger partial charge in [-0.15, -0.1) is 10.2 Å². The highest BCUT2D eigenvalue weighted by molar-refractivity contribution is 8.03. The average molecular weight is 460 g/mol. The number of thioether (sulfide) groups is 2. The van der Waals surface area contributed by atoms with E-state index >= 15 is 0 Å². The summed E-state index contributed by atoms with van der Waals surface area (Å²) >= 11 is 4.43. The number of nitrogens with zero attached hydrogens (tertiary/aromatic N) is 2. The molecule has 1 aliphatic heterocycles. The van der Waals surface area contributed by atoms with Crippen molar-refractivity contribution >= 4 is 52.2 Å². The van der Waals surface area contributed by atoms with Crippen LogP contribution in [0.5, 0.6) is 11.5 Å². The maximum absolute atomic E-state index is 12.5. The van der Waals surface area contributed by atoms with Crippen LogP contribution in [0.3, 0.4) is 0 Å². The van der Waals surface area contributed by atoms with Crippen LogP contribution in [0, 0.1) is 0 Å². The first-order valence-corrected chi connectivity index (χ1v) is 11.7. The Morgan fingerprint density at radius 1 is 1.17 bits per heavy atom. The predicted octanol–water partition coefficient (Wildman–Crippen LogP) is 4.14. The Balaban J connectivity index is 1.30. The third kappa shape index (κ3) is 5.13. The van der Waals surface area contributed by atoms with E-state index in [4.69, 9.17) is 9.47 Å². The third-order valence-corrected chi connectivity index (χ3v) is 7.43. The molecule has 154 valence electrons. The molecular formula is C20H17N3O4S3. The van der Waals surface area contributed by atoms with Gasteiger partial charge in [-0.3, -0.25) is 9.59 Å². The van der Waals surface area contributed by atoms with Gasteiger partial charge in [0.1, 0.15) is 11.5 Å². The zero-order valence-corrected chi connectivity index (χ0v) is 18.4. The molecule has 10 heteroatoms. The summed E-state index contributed by atoms with van der Waals surface area (Å²) in [5.41, 5.74) is 2.21. The number of hydrogen-bond donors (Lipinski definition) is 1. The second-order valence-electron chi connectivity index (χ2n) is 6.23. The molecule has 0 bridgehead atoms. The van der Waals surface area contributed by atoms with E-state index in [9.17, 15) is 9.59 Å². The summed E-state index contributed by atoms with van der Waals surface area (Å²) in [6, 6.07) is 13.0. The lowest BCUT2D eigenvalue weighted by Crippen LogP contribution is -2.25. The molecule has 1 aliphatic rings. The first-order chi connectivity index (χ1) is 14.6. The lowest BCUT2D eigenvalue weighted by Gasteiger charge is -2.18. The molecule has 0 unspecified atom stereocenters. The first-order valence-electron chi connectivity index (χ1n) is 8.92. The van der Waals surface area contributed by atoms with Crippen LogP contribution in [-0.4, -0.2) is 41.4 Å².